The van der Waals surface area contributed by atoms with E-state index >= 15 is 0 Å². The lowest BCUT2D eigenvalue weighted by Crippen LogP contribution is -2.10. The van der Waals surface area contributed by atoms with Gasteiger partial charge in [-0.05, 0) is 83.0 Å². The zero-order valence-electron chi connectivity index (χ0n) is 19.6. The van der Waals surface area contributed by atoms with E-state index in [0.717, 1.165) is 35.8 Å². The molecule has 6 heteroatoms. The molecule has 162 valence electrons. The molecular weight excluding hydrogens is 360 g/mol. The van der Waals surface area contributed by atoms with Crippen LogP contribution in [0.1, 0.15) is 103 Å². The summed E-state index contributed by atoms with van der Waals surface area (Å²) in [5.74, 6) is 4.27. The zero-order chi connectivity index (χ0) is 21.3. The Labute approximate surface area is 176 Å². The first kappa shape index (κ1) is 22.0. The van der Waals surface area contributed by atoms with Gasteiger partial charge in [-0.2, -0.15) is 0 Å². The number of rotatable bonds is 4. The second-order valence-corrected chi connectivity index (χ2v) is 10.1. The number of fused-ring (bicyclic) bond motifs is 2. The van der Waals surface area contributed by atoms with Gasteiger partial charge in [0.1, 0.15) is 0 Å². The minimum atomic E-state index is 0.412. The molecule has 4 rings (SSSR count). The van der Waals surface area contributed by atoms with Gasteiger partial charge in [0.15, 0.2) is 0 Å². The first-order valence-electron chi connectivity index (χ1n) is 11.5. The summed E-state index contributed by atoms with van der Waals surface area (Å²) in [6.45, 7) is 17.6. The summed E-state index contributed by atoms with van der Waals surface area (Å²) in [5, 5.41) is 16.8. The van der Waals surface area contributed by atoms with Crippen molar-refractivity contribution in [3.8, 4) is 0 Å². The Bertz CT molecular complexity index is 763. The summed E-state index contributed by atoms with van der Waals surface area (Å²) in [7, 11) is 0. The third kappa shape index (κ3) is 4.89. The fraction of sp³-hybridized carbons (Fsp3) is 0.826. The molecule has 0 radical (unpaired) electrons. The molecule has 0 saturated heterocycles. The minimum absolute atomic E-state index is 0.412. The Kier molecular flexibility index (Phi) is 6.79. The summed E-state index contributed by atoms with van der Waals surface area (Å²) in [4.78, 5) is 0. The average Bonchev–Trinajstić information content (AvgIpc) is 2.99. The molecule has 2 aliphatic carbocycles. The van der Waals surface area contributed by atoms with Crippen LogP contribution in [0.15, 0.2) is 6.20 Å². The van der Waals surface area contributed by atoms with Gasteiger partial charge in [-0.15, -0.1) is 10.2 Å². The Balaban J connectivity index is 0.000000188. The van der Waals surface area contributed by atoms with Crippen molar-refractivity contribution in [1.29, 1.82) is 0 Å². The number of hydrogen-bond donors (Lipinski definition) is 0. The first-order chi connectivity index (χ1) is 13.7. The van der Waals surface area contributed by atoms with E-state index in [0.29, 0.717) is 18.0 Å². The maximum absolute atomic E-state index is 4.42. The van der Waals surface area contributed by atoms with Gasteiger partial charge < -0.3 is 0 Å². The van der Waals surface area contributed by atoms with Gasteiger partial charge in [0.25, 0.3) is 0 Å². The van der Waals surface area contributed by atoms with Crippen LogP contribution in [0.2, 0.25) is 0 Å². The highest BCUT2D eigenvalue weighted by Crippen LogP contribution is 2.56. The van der Waals surface area contributed by atoms with Crippen molar-refractivity contribution in [2.75, 3.05) is 0 Å². The minimum Gasteiger partial charge on any atom is -0.250 e. The summed E-state index contributed by atoms with van der Waals surface area (Å²) in [5.41, 5.74) is 3.76. The third-order valence-electron chi connectivity index (χ3n) is 6.61. The molecule has 1 saturated carbocycles. The predicted molar refractivity (Wildman–Crippen MR) is 117 cm³/mol. The summed E-state index contributed by atoms with van der Waals surface area (Å²) < 4.78 is 4.03. The zero-order valence-corrected chi connectivity index (χ0v) is 19.6. The molecule has 0 aliphatic heterocycles. The summed E-state index contributed by atoms with van der Waals surface area (Å²) >= 11 is 0. The monoisotopic (exact) mass is 400 g/mol. The number of nitrogens with zero attached hydrogens (tertiary/aromatic N) is 6. The van der Waals surface area contributed by atoms with Crippen LogP contribution in [-0.2, 0) is 12.8 Å². The van der Waals surface area contributed by atoms with Crippen LogP contribution in [0, 0.1) is 23.7 Å². The van der Waals surface area contributed by atoms with Gasteiger partial charge in [0.05, 0.1) is 17.1 Å². The van der Waals surface area contributed by atoms with Crippen LogP contribution in [-0.4, -0.2) is 30.0 Å². The SMILES string of the molecule is CC(C)C1[C@H]2CCc3nnn(C(C)C)c3CC[C@@H]12.CC(C)c1cn(C(C)C)nn1. The lowest BCUT2D eigenvalue weighted by atomic mass is 10.0. The third-order valence-corrected chi connectivity index (χ3v) is 6.61. The van der Waals surface area contributed by atoms with Crippen molar-refractivity contribution in [1.82, 2.24) is 30.0 Å². The molecule has 29 heavy (non-hydrogen) atoms. The van der Waals surface area contributed by atoms with Crippen molar-refractivity contribution >= 4 is 0 Å². The van der Waals surface area contributed by atoms with E-state index in [1.165, 1.54) is 30.7 Å². The van der Waals surface area contributed by atoms with Crippen LogP contribution in [0.4, 0.5) is 0 Å². The van der Waals surface area contributed by atoms with Gasteiger partial charge in [0.2, 0.25) is 0 Å². The van der Waals surface area contributed by atoms with Crippen LogP contribution in [0.25, 0.3) is 0 Å². The van der Waals surface area contributed by atoms with E-state index in [2.05, 4.69) is 80.7 Å². The van der Waals surface area contributed by atoms with Crippen LogP contribution < -0.4 is 0 Å². The molecule has 2 aliphatic rings. The lowest BCUT2D eigenvalue weighted by Gasteiger charge is -2.12. The van der Waals surface area contributed by atoms with E-state index in [1.54, 1.807) is 0 Å². The highest BCUT2D eigenvalue weighted by molar-refractivity contribution is 5.16. The van der Waals surface area contributed by atoms with Crippen LogP contribution in [0.5, 0.6) is 0 Å². The Morgan fingerprint density at radius 1 is 0.828 bits per heavy atom. The predicted octanol–water partition coefficient (Wildman–Crippen LogP) is 5.24. The lowest BCUT2D eigenvalue weighted by molar-refractivity contribution is 0.472. The summed E-state index contributed by atoms with van der Waals surface area (Å²) in [6.07, 6.45) is 7.02. The quantitative estimate of drug-likeness (QED) is 0.704. The molecule has 0 spiro atoms. The van der Waals surface area contributed by atoms with Gasteiger partial charge >= 0.3 is 0 Å². The van der Waals surface area contributed by atoms with Gasteiger partial charge in [-0.1, -0.05) is 38.1 Å². The van der Waals surface area contributed by atoms with E-state index in [4.69, 9.17) is 0 Å². The molecule has 1 unspecified atom stereocenters. The molecule has 2 aromatic heterocycles. The number of aryl methyl sites for hydroxylation is 1. The number of hydrogen-bond acceptors (Lipinski definition) is 4. The average molecular weight is 401 g/mol. The van der Waals surface area contributed by atoms with E-state index in [-0.39, 0.29) is 0 Å². The van der Waals surface area contributed by atoms with Gasteiger partial charge in [0, 0.05) is 18.3 Å². The maximum Gasteiger partial charge on any atom is 0.0859 e. The van der Waals surface area contributed by atoms with Crippen LogP contribution >= 0.6 is 0 Å². The van der Waals surface area contributed by atoms with Crippen LogP contribution in [0.3, 0.4) is 0 Å². The standard InChI is InChI=1S/C15H25N3.C8H15N3/c1-9(2)15-11-5-7-13-14(8-6-12(11)15)18(10(3)4)17-16-13;1-6(2)8-5-11(7(3)4)10-9-8/h9-12,15H,5-8H2,1-4H3;5-7H,1-4H3/t11-,12+,15?;/m0./s1. The topological polar surface area (TPSA) is 61.4 Å². The first-order valence-corrected chi connectivity index (χ1v) is 11.5. The van der Waals surface area contributed by atoms with E-state index in [9.17, 15) is 0 Å². The highest BCUT2D eigenvalue weighted by Gasteiger charge is 2.50. The Hall–Kier alpha value is -1.72. The van der Waals surface area contributed by atoms with Crippen molar-refractivity contribution in [3.63, 3.8) is 0 Å². The van der Waals surface area contributed by atoms with E-state index < -0.39 is 0 Å². The largest absolute Gasteiger partial charge is 0.250 e. The molecule has 2 aromatic rings. The number of aromatic nitrogens is 6. The normalized spacial score (nSPS) is 23.5. The smallest absolute Gasteiger partial charge is 0.0859 e. The van der Waals surface area contributed by atoms with E-state index in [1.807, 2.05) is 10.9 Å². The van der Waals surface area contributed by atoms with Crippen molar-refractivity contribution in [2.24, 2.45) is 23.7 Å². The molecule has 3 atom stereocenters. The molecule has 0 aromatic carbocycles. The fourth-order valence-corrected chi connectivity index (χ4v) is 4.90. The second-order valence-electron chi connectivity index (χ2n) is 10.1. The fourth-order valence-electron chi connectivity index (χ4n) is 4.90. The Morgan fingerprint density at radius 2 is 1.48 bits per heavy atom. The van der Waals surface area contributed by atoms with Crippen molar-refractivity contribution < 1.29 is 0 Å². The molecule has 0 bridgehead atoms. The summed E-state index contributed by atoms with van der Waals surface area (Å²) in [6, 6.07) is 0.853. The molecule has 0 N–H and O–H groups in total. The molecule has 1 fully saturated rings. The maximum atomic E-state index is 4.42. The molecule has 6 nitrogen and oxygen atoms in total. The highest BCUT2D eigenvalue weighted by atomic mass is 15.4. The molecular formula is C23H40N6. The van der Waals surface area contributed by atoms with Crippen molar-refractivity contribution in [2.45, 2.75) is 99.1 Å². The Morgan fingerprint density at radius 3 is 1.97 bits per heavy atom. The molecule has 2 heterocycles. The molecule has 0 amide bonds. The van der Waals surface area contributed by atoms with Gasteiger partial charge in [-0.3, -0.25) is 0 Å². The second kappa shape index (κ2) is 8.97. The van der Waals surface area contributed by atoms with Crippen molar-refractivity contribution in [3.05, 3.63) is 23.3 Å². The van der Waals surface area contributed by atoms with Gasteiger partial charge in [-0.25, -0.2) is 9.36 Å².